The van der Waals surface area contributed by atoms with Crippen LogP contribution in [0, 0.1) is 5.82 Å². The highest BCUT2D eigenvalue weighted by molar-refractivity contribution is 5.18. The van der Waals surface area contributed by atoms with Crippen molar-refractivity contribution < 1.29 is 4.39 Å². The van der Waals surface area contributed by atoms with Gasteiger partial charge in [-0.2, -0.15) is 0 Å². The van der Waals surface area contributed by atoms with Crippen molar-refractivity contribution >= 4 is 0 Å². The topological polar surface area (TPSA) is 15.3 Å². The van der Waals surface area contributed by atoms with Gasteiger partial charge in [-0.15, -0.1) is 0 Å². The molecule has 1 aliphatic heterocycles. The van der Waals surface area contributed by atoms with Crippen LogP contribution in [-0.2, 0) is 6.54 Å². The highest BCUT2D eigenvalue weighted by Crippen LogP contribution is 2.39. The number of hydrogen-bond donors (Lipinski definition) is 1. The lowest BCUT2D eigenvalue weighted by Gasteiger charge is -2.51. The van der Waals surface area contributed by atoms with Crippen LogP contribution in [0.2, 0.25) is 0 Å². The smallest absolute Gasteiger partial charge is 0.127 e. The number of benzene rings is 1. The van der Waals surface area contributed by atoms with E-state index >= 15 is 0 Å². The second-order valence-corrected chi connectivity index (χ2v) is 7.12. The maximum atomic E-state index is 14.0. The lowest BCUT2D eigenvalue weighted by molar-refractivity contribution is 0.0114. The number of rotatable bonds is 2. The van der Waals surface area contributed by atoms with E-state index in [4.69, 9.17) is 0 Å². The molecule has 0 atom stereocenters. The predicted molar refractivity (Wildman–Crippen MR) is 80.1 cm³/mol. The normalized spacial score (nSPS) is 25.1. The van der Waals surface area contributed by atoms with Crippen LogP contribution in [0.3, 0.4) is 0 Å². The van der Waals surface area contributed by atoms with Gasteiger partial charge in [0.05, 0.1) is 0 Å². The van der Waals surface area contributed by atoms with Crippen LogP contribution in [0.5, 0.6) is 0 Å². The number of halogens is 1. The van der Waals surface area contributed by atoms with Gasteiger partial charge in [0.25, 0.3) is 0 Å². The van der Waals surface area contributed by atoms with Gasteiger partial charge in [-0.05, 0) is 32.8 Å². The monoisotopic (exact) mass is 276 g/mol. The van der Waals surface area contributed by atoms with Gasteiger partial charge >= 0.3 is 0 Å². The quantitative estimate of drug-likeness (QED) is 0.891. The number of hydrogen-bond acceptors (Lipinski definition) is 2. The molecule has 2 nitrogen and oxygen atoms in total. The molecule has 1 aromatic carbocycles. The van der Waals surface area contributed by atoms with Crippen LogP contribution >= 0.6 is 0 Å². The Morgan fingerprint density at radius 1 is 1.20 bits per heavy atom. The van der Waals surface area contributed by atoms with Gasteiger partial charge < -0.3 is 5.32 Å². The lowest BCUT2D eigenvalue weighted by atomic mass is 9.86. The highest BCUT2D eigenvalue weighted by Gasteiger charge is 2.45. The molecule has 0 amide bonds. The first-order valence-corrected chi connectivity index (χ1v) is 7.74. The Labute approximate surface area is 121 Å². The molecule has 2 aliphatic rings. The summed E-state index contributed by atoms with van der Waals surface area (Å²) in [5.41, 5.74) is 1.19. The van der Waals surface area contributed by atoms with Gasteiger partial charge in [-0.1, -0.05) is 31.0 Å². The van der Waals surface area contributed by atoms with E-state index in [1.807, 2.05) is 12.1 Å². The van der Waals surface area contributed by atoms with Crippen molar-refractivity contribution in [1.29, 1.82) is 0 Å². The third-order valence-electron chi connectivity index (χ3n) is 5.01. The molecule has 0 unspecified atom stereocenters. The molecule has 1 aliphatic carbocycles. The molecule has 3 heteroatoms. The van der Waals surface area contributed by atoms with Gasteiger partial charge in [-0.25, -0.2) is 4.39 Å². The SMILES string of the molecule is CC1(C)CN(Cc2ccccc2F)C2(CCCC2)CN1. The maximum absolute atomic E-state index is 14.0. The summed E-state index contributed by atoms with van der Waals surface area (Å²) in [5, 5.41) is 3.69. The summed E-state index contributed by atoms with van der Waals surface area (Å²) in [6.07, 6.45) is 5.08. The Morgan fingerprint density at radius 3 is 2.60 bits per heavy atom. The molecular weight excluding hydrogens is 251 g/mol. The second kappa shape index (κ2) is 5.12. The summed E-state index contributed by atoms with van der Waals surface area (Å²) in [6.45, 7) is 7.24. The molecule has 110 valence electrons. The van der Waals surface area contributed by atoms with Crippen LogP contribution in [-0.4, -0.2) is 29.1 Å². The molecular formula is C17H25FN2. The van der Waals surface area contributed by atoms with Crippen LogP contribution in [0.4, 0.5) is 4.39 Å². The first-order chi connectivity index (χ1) is 9.51. The molecule has 1 heterocycles. The highest BCUT2D eigenvalue weighted by atomic mass is 19.1. The fourth-order valence-corrected chi connectivity index (χ4v) is 3.80. The van der Waals surface area contributed by atoms with Crippen LogP contribution in [0.15, 0.2) is 24.3 Å². The fourth-order valence-electron chi connectivity index (χ4n) is 3.80. The van der Waals surface area contributed by atoms with E-state index in [2.05, 4.69) is 24.1 Å². The zero-order valence-corrected chi connectivity index (χ0v) is 12.6. The minimum absolute atomic E-state index is 0.0722. The largest absolute Gasteiger partial charge is 0.309 e. The average molecular weight is 276 g/mol. The summed E-state index contributed by atoms with van der Waals surface area (Å²) in [6, 6.07) is 7.20. The molecule has 0 bridgehead atoms. The molecule has 1 spiro atoms. The first kappa shape index (κ1) is 14.0. The van der Waals surface area contributed by atoms with E-state index in [9.17, 15) is 4.39 Å². The van der Waals surface area contributed by atoms with Crippen molar-refractivity contribution in [2.45, 2.75) is 57.2 Å². The van der Waals surface area contributed by atoms with E-state index in [0.717, 1.165) is 25.2 Å². The van der Waals surface area contributed by atoms with Gasteiger partial charge in [0.15, 0.2) is 0 Å². The summed E-state index contributed by atoms with van der Waals surface area (Å²) in [4.78, 5) is 2.54. The summed E-state index contributed by atoms with van der Waals surface area (Å²) in [7, 11) is 0. The van der Waals surface area contributed by atoms with Gasteiger partial charge in [-0.3, -0.25) is 4.90 Å². The Balaban J connectivity index is 1.85. The molecule has 3 rings (SSSR count). The van der Waals surface area contributed by atoms with E-state index in [-0.39, 0.29) is 16.9 Å². The molecule has 1 saturated heterocycles. The molecule has 20 heavy (non-hydrogen) atoms. The fraction of sp³-hybridized carbons (Fsp3) is 0.647. The van der Waals surface area contributed by atoms with Crippen molar-refractivity contribution in [3.05, 3.63) is 35.6 Å². The zero-order chi connectivity index (χ0) is 14.2. The summed E-state index contributed by atoms with van der Waals surface area (Å²) in [5.74, 6) is -0.0722. The Kier molecular flexibility index (Phi) is 3.59. The minimum Gasteiger partial charge on any atom is -0.309 e. The van der Waals surface area contributed by atoms with Crippen molar-refractivity contribution in [2.75, 3.05) is 13.1 Å². The van der Waals surface area contributed by atoms with Crippen molar-refractivity contribution in [3.8, 4) is 0 Å². The standard InChI is InChI=1S/C17H25FN2/c1-16(2)13-20(11-14-7-3-4-8-15(14)18)17(12-19-16)9-5-6-10-17/h3-4,7-8,19H,5-6,9-13H2,1-2H3. The Morgan fingerprint density at radius 2 is 1.90 bits per heavy atom. The lowest BCUT2D eigenvalue weighted by Crippen LogP contribution is -2.67. The maximum Gasteiger partial charge on any atom is 0.127 e. The molecule has 2 fully saturated rings. The van der Waals surface area contributed by atoms with Crippen molar-refractivity contribution in [1.82, 2.24) is 10.2 Å². The van der Waals surface area contributed by atoms with E-state index in [1.54, 1.807) is 12.1 Å². The van der Waals surface area contributed by atoms with Gasteiger partial charge in [0, 0.05) is 36.3 Å². The average Bonchev–Trinajstić information content (AvgIpc) is 2.87. The van der Waals surface area contributed by atoms with Crippen LogP contribution in [0.25, 0.3) is 0 Å². The Hall–Kier alpha value is -0.930. The van der Waals surface area contributed by atoms with Crippen LogP contribution in [0.1, 0.15) is 45.1 Å². The third-order valence-corrected chi connectivity index (χ3v) is 5.01. The summed E-state index contributed by atoms with van der Waals surface area (Å²) >= 11 is 0. The van der Waals surface area contributed by atoms with E-state index in [0.29, 0.717) is 0 Å². The Bertz CT molecular complexity index is 478. The minimum atomic E-state index is -0.0722. The first-order valence-electron chi connectivity index (χ1n) is 7.74. The van der Waals surface area contributed by atoms with E-state index in [1.165, 1.54) is 25.7 Å². The molecule has 1 saturated carbocycles. The van der Waals surface area contributed by atoms with Crippen LogP contribution < -0.4 is 5.32 Å². The van der Waals surface area contributed by atoms with E-state index < -0.39 is 0 Å². The van der Waals surface area contributed by atoms with Gasteiger partial charge in [0.1, 0.15) is 5.82 Å². The van der Waals surface area contributed by atoms with Gasteiger partial charge in [0.2, 0.25) is 0 Å². The number of piperazine rings is 1. The number of nitrogens with one attached hydrogen (secondary N) is 1. The predicted octanol–water partition coefficient (Wildman–Crippen LogP) is 3.32. The second-order valence-electron chi connectivity index (χ2n) is 7.12. The number of nitrogens with zero attached hydrogens (tertiary/aromatic N) is 1. The summed E-state index contributed by atoms with van der Waals surface area (Å²) < 4.78 is 14.0. The zero-order valence-electron chi connectivity index (χ0n) is 12.6. The third kappa shape index (κ3) is 2.61. The van der Waals surface area contributed by atoms with Crippen molar-refractivity contribution in [3.63, 3.8) is 0 Å². The molecule has 0 radical (unpaired) electrons. The molecule has 0 aromatic heterocycles. The van der Waals surface area contributed by atoms with Crippen molar-refractivity contribution in [2.24, 2.45) is 0 Å². The molecule has 1 N–H and O–H groups in total. The molecule has 1 aromatic rings.